The average molecular weight is 330 g/mol. The maximum absolute atomic E-state index is 13.0. The van der Waals surface area contributed by atoms with Crippen LogP contribution in [-0.4, -0.2) is 35.7 Å². The second-order valence-electron chi connectivity index (χ2n) is 6.49. The van der Waals surface area contributed by atoms with Crippen LogP contribution in [0.15, 0.2) is 42.1 Å². The Hall–Kier alpha value is -2.17. The molecule has 5 heteroatoms. The van der Waals surface area contributed by atoms with E-state index in [9.17, 15) is 9.18 Å². The fourth-order valence-electron chi connectivity index (χ4n) is 3.43. The molecule has 0 saturated heterocycles. The lowest BCUT2D eigenvalue weighted by molar-refractivity contribution is -0.136. The third-order valence-electron chi connectivity index (χ3n) is 4.70. The van der Waals surface area contributed by atoms with E-state index in [0.717, 1.165) is 37.0 Å². The average Bonchev–Trinajstić information content (AvgIpc) is 3.26. The van der Waals surface area contributed by atoms with Gasteiger partial charge in [0, 0.05) is 18.9 Å². The Morgan fingerprint density at radius 2 is 2.04 bits per heavy atom. The Bertz CT molecular complexity index is 621. The number of hydrogen-bond donors (Lipinski definition) is 0. The van der Waals surface area contributed by atoms with E-state index in [0.29, 0.717) is 19.5 Å². The highest BCUT2D eigenvalue weighted by Crippen LogP contribution is 2.27. The Morgan fingerprint density at radius 3 is 2.71 bits per heavy atom. The van der Waals surface area contributed by atoms with Gasteiger partial charge in [-0.2, -0.15) is 0 Å². The van der Waals surface area contributed by atoms with Crippen LogP contribution in [0.2, 0.25) is 0 Å². The van der Waals surface area contributed by atoms with Crippen LogP contribution in [-0.2, 0) is 9.63 Å². The largest absolute Gasteiger partial charge is 0.390 e. The molecule has 0 unspecified atom stereocenters. The number of hydrogen-bond acceptors (Lipinski definition) is 3. The van der Waals surface area contributed by atoms with Gasteiger partial charge >= 0.3 is 0 Å². The molecule has 0 bridgehead atoms. The van der Waals surface area contributed by atoms with Gasteiger partial charge in [-0.1, -0.05) is 36.2 Å². The van der Waals surface area contributed by atoms with Gasteiger partial charge in [0.25, 0.3) is 0 Å². The summed E-state index contributed by atoms with van der Waals surface area (Å²) in [6.45, 7) is 4.79. The maximum Gasteiger partial charge on any atom is 0.226 e. The molecule has 0 N–H and O–H groups in total. The monoisotopic (exact) mass is 330 g/mol. The molecule has 2 aliphatic rings. The van der Waals surface area contributed by atoms with E-state index in [4.69, 9.17) is 4.84 Å². The van der Waals surface area contributed by atoms with Crippen molar-refractivity contribution >= 4 is 11.6 Å². The first-order valence-electron chi connectivity index (χ1n) is 8.55. The molecule has 1 fully saturated rings. The van der Waals surface area contributed by atoms with Gasteiger partial charge in [-0.05, 0) is 30.5 Å². The molecule has 24 heavy (non-hydrogen) atoms. The highest BCUT2D eigenvalue weighted by atomic mass is 19.1. The molecule has 0 radical (unpaired) electrons. The van der Waals surface area contributed by atoms with Gasteiger partial charge in [-0.25, -0.2) is 4.39 Å². The van der Waals surface area contributed by atoms with E-state index in [2.05, 4.69) is 11.7 Å². The zero-order valence-electron chi connectivity index (χ0n) is 13.8. The fraction of sp³-hybridized carbons (Fsp3) is 0.474. The first kappa shape index (κ1) is 16.7. The van der Waals surface area contributed by atoms with Crippen molar-refractivity contribution in [1.29, 1.82) is 0 Å². The maximum atomic E-state index is 13.0. The van der Waals surface area contributed by atoms with Crippen molar-refractivity contribution in [2.75, 3.05) is 13.1 Å². The molecule has 1 amide bonds. The molecule has 3 rings (SSSR count). The van der Waals surface area contributed by atoms with E-state index in [1.807, 2.05) is 4.90 Å². The van der Waals surface area contributed by atoms with E-state index in [-0.39, 0.29) is 23.7 Å². The molecule has 1 saturated carbocycles. The van der Waals surface area contributed by atoms with Crippen molar-refractivity contribution in [1.82, 2.24) is 4.90 Å². The molecule has 1 aromatic rings. The van der Waals surface area contributed by atoms with Gasteiger partial charge < -0.3 is 9.74 Å². The molecular weight excluding hydrogens is 307 g/mol. The van der Waals surface area contributed by atoms with Crippen LogP contribution >= 0.6 is 0 Å². The highest BCUT2D eigenvalue weighted by Gasteiger charge is 2.30. The number of carbonyl (C=O) groups excluding carboxylic acids is 1. The van der Waals surface area contributed by atoms with Crippen LogP contribution < -0.4 is 0 Å². The van der Waals surface area contributed by atoms with Crippen LogP contribution in [0.4, 0.5) is 4.39 Å². The lowest BCUT2D eigenvalue weighted by Gasteiger charge is -2.26. The molecular formula is C19H23FN2O2. The van der Waals surface area contributed by atoms with E-state index in [1.54, 1.807) is 18.2 Å². The number of halogens is 1. The number of oxime groups is 1. The molecule has 0 aromatic heterocycles. The summed E-state index contributed by atoms with van der Waals surface area (Å²) in [5.74, 6) is 0.0733. The van der Waals surface area contributed by atoms with E-state index in [1.165, 1.54) is 12.1 Å². The minimum atomic E-state index is -0.269. The van der Waals surface area contributed by atoms with E-state index >= 15 is 0 Å². The van der Waals surface area contributed by atoms with Gasteiger partial charge in [0.1, 0.15) is 5.82 Å². The van der Waals surface area contributed by atoms with Crippen LogP contribution in [0.3, 0.4) is 0 Å². The third-order valence-corrected chi connectivity index (χ3v) is 4.70. The smallest absolute Gasteiger partial charge is 0.226 e. The third kappa shape index (κ3) is 3.83. The number of rotatable bonds is 6. The summed E-state index contributed by atoms with van der Waals surface area (Å²) < 4.78 is 13.0. The van der Waals surface area contributed by atoms with Gasteiger partial charge in [0.2, 0.25) is 5.91 Å². The van der Waals surface area contributed by atoms with Crippen LogP contribution in [0, 0.1) is 11.7 Å². The van der Waals surface area contributed by atoms with Crippen molar-refractivity contribution < 1.29 is 14.0 Å². The molecule has 1 heterocycles. The molecule has 1 atom stereocenters. The zero-order chi connectivity index (χ0) is 16.9. The number of benzene rings is 1. The molecule has 1 aromatic carbocycles. The number of nitrogens with zero attached hydrogens (tertiary/aromatic N) is 2. The summed E-state index contributed by atoms with van der Waals surface area (Å²) in [7, 11) is 0. The highest BCUT2D eigenvalue weighted by molar-refractivity contribution is 6.01. The predicted molar refractivity (Wildman–Crippen MR) is 91.2 cm³/mol. The lowest BCUT2D eigenvalue weighted by atomic mass is 10.0. The van der Waals surface area contributed by atoms with Crippen molar-refractivity contribution in [3.63, 3.8) is 0 Å². The first-order valence-corrected chi connectivity index (χ1v) is 8.55. The standard InChI is InChI=1S/C19H23FN2O2/c1-2-11-22(19(23)15-5-3-4-6-15)13-17-12-18(21-24-17)14-7-9-16(20)10-8-14/h2,7-10,15,17H,1,3-6,11-13H2/t17-/m0/s1. The van der Waals surface area contributed by atoms with Crippen molar-refractivity contribution in [2.24, 2.45) is 11.1 Å². The topological polar surface area (TPSA) is 41.9 Å². The number of amides is 1. The fourth-order valence-corrected chi connectivity index (χ4v) is 3.43. The second kappa shape index (κ2) is 7.60. The number of carbonyl (C=O) groups is 1. The zero-order valence-corrected chi connectivity index (χ0v) is 13.8. The van der Waals surface area contributed by atoms with Crippen molar-refractivity contribution in [3.8, 4) is 0 Å². The summed E-state index contributed by atoms with van der Waals surface area (Å²) in [6, 6.07) is 6.23. The van der Waals surface area contributed by atoms with Gasteiger partial charge in [0.15, 0.2) is 6.10 Å². The second-order valence-corrected chi connectivity index (χ2v) is 6.49. The predicted octanol–water partition coefficient (Wildman–Crippen LogP) is 3.52. The minimum Gasteiger partial charge on any atom is -0.390 e. The SMILES string of the molecule is C=CCN(C[C@@H]1CC(c2ccc(F)cc2)=NO1)C(=O)C1CCCC1. The Labute approximate surface area is 142 Å². The summed E-state index contributed by atoms with van der Waals surface area (Å²) in [5.41, 5.74) is 1.66. The summed E-state index contributed by atoms with van der Waals surface area (Å²) in [6.07, 6.45) is 6.45. The quantitative estimate of drug-likeness (QED) is 0.749. The van der Waals surface area contributed by atoms with Crippen LogP contribution in [0.1, 0.15) is 37.7 Å². The Kier molecular flexibility index (Phi) is 5.28. The van der Waals surface area contributed by atoms with Crippen LogP contribution in [0.5, 0.6) is 0 Å². The normalized spacial score (nSPS) is 20.5. The van der Waals surface area contributed by atoms with Crippen LogP contribution in [0.25, 0.3) is 0 Å². The Balaban J connectivity index is 1.59. The minimum absolute atomic E-state index is 0.142. The van der Waals surface area contributed by atoms with Crippen molar-refractivity contribution in [2.45, 2.75) is 38.2 Å². The first-order chi connectivity index (χ1) is 11.7. The summed E-state index contributed by atoms with van der Waals surface area (Å²) in [4.78, 5) is 20.0. The lowest BCUT2D eigenvalue weighted by Crippen LogP contribution is -2.40. The van der Waals surface area contributed by atoms with Gasteiger partial charge in [0.05, 0.1) is 12.3 Å². The molecule has 1 aliphatic carbocycles. The summed E-state index contributed by atoms with van der Waals surface area (Å²) in [5, 5.41) is 4.12. The van der Waals surface area contributed by atoms with Gasteiger partial charge in [-0.3, -0.25) is 4.79 Å². The van der Waals surface area contributed by atoms with Crippen molar-refractivity contribution in [3.05, 3.63) is 48.3 Å². The molecule has 0 spiro atoms. The summed E-state index contributed by atoms with van der Waals surface area (Å²) >= 11 is 0. The van der Waals surface area contributed by atoms with Gasteiger partial charge in [-0.15, -0.1) is 6.58 Å². The Morgan fingerprint density at radius 1 is 1.33 bits per heavy atom. The molecule has 4 nitrogen and oxygen atoms in total. The molecule has 128 valence electrons. The molecule has 1 aliphatic heterocycles. The van der Waals surface area contributed by atoms with E-state index < -0.39 is 0 Å².